The first-order valence-electron chi connectivity index (χ1n) is 10.3. The topological polar surface area (TPSA) is 137 Å². The van der Waals surface area contributed by atoms with Crippen LogP contribution in [0.25, 0.3) is 0 Å². The summed E-state index contributed by atoms with van der Waals surface area (Å²) in [6.07, 6.45) is 3.96. The smallest absolute Gasteiger partial charge is 0.326 e. The van der Waals surface area contributed by atoms with E-state index in [1.807, 2.05) is 36.6 Å². The highest BCUT2D eigenvalue weighted by molar-refractivity contribution is 7.98. The lowest BCUT2D eigenvalue weighted by molar-refractivity contribution is -0.142. The number of hydrogen-bond acceptors (Lipinski definition) is 6. The maximum atomic E-state index is 12.8. The van der Waals surface area contributed by atoms with Gasteiger partial charge in [0.1, 0.15) is 12.1 Å². The second kappa shape index (κ2) is 13.0. The highest BCUT2D eigenvalue weighted by Gasteiger charge is 2.27. The predicted molar refractivity (Wildman–Crippen MR) is 119 cm³/mol. The summed E-state index contributed by atoms with van der Waals surface area (Å²) in [5, 5.41) is 20.2. The lowest BCUT2D eigenvalue weighted by atomic mass is 10.0. The van der Waals surface area contributed by atoms with Crippen molar-refractivity contribution in [3.05, 3.63) is 35.9 Å². The summed E-state index contributed by atoms with van der Waals surface area (Å²) in [6, 6.07) is 6.82. The summed E-state index contributed by atoms with van der Waals surface area (Å²) in [4.78, 5) is 48.8. The molecule has 0 bridgehead atoms. The van der Waals surface area contributed by atoms with Gasteiger partial charge in [0.05, 0.1) is 12.6 Å². The zero-order chi connectivity index (χ0) is 22.6. The Morgan fingerprint density at radius 3 is 2.52 bits per heavy atom. The fourth-order valence-electron chi connectivity index (χ4n) is 3.27. The average Bonchev–Trinajstić information content (AvgIpc) is 3.30. The van der Waals surface area contributed by atoms with E-state index in [2.05, 4.69) is 21.3 Å². The number of carboxylic acids is 1. The molecule has 1 aliphatic heterocycles. The molecule has 3 atom stereocenters. The van der Waals surface area contributed by atoms with Crippen molar-refractivity contribution in [2.75, 3.05) is 25.1 Å². The van der Waals surface area contributed by atoms with E-state index in [1.54, 1.807) is 0 Å². The molecule has 3 amide bonds. The van der Waals surface area contributed by atoms with Crippen LogP contribution in [-0.2, 0) is 25.6 Å². The Bertz CT molecular complexity index is 755. The Morgan fingerprint density at radius 1 is 1.16 bits per heavy atom. The van der Waals surface area contributed by atoms with Crippen molar-refractivity contribution in [1.29, 1.82) is 0 Å². The first-order chi connectivity index (χ1) is 14.9. The fraction of sp³-hybridized carbons (Fsp3) is 0.524. The van der Waals surface area contributed by atoms with Gasteiger partial charge in [0.25, 0.3) is 0 Å². The quantitative estimate of drug-likeness (QED) is 0.300. The van der Waals surface area contributed by atoms with Crippen LogP contribution in [0, 0.1) is 0 Å². The number of carboxylic acid groups (broad SMARTS) is 1. The maximum Gasteiger partial charge on any atom is 0.326 e. The summed E-state index contributed by atoms with van der Waals surface area (Å²) in [5.74, 6) is -1.88. The second-order valence-corrected chi connectivity index (χ2v) is 8.34. The summed E-state index contributed by atoms with van der Waals surface area (Å²) in [5.41, 5.74) is 0.818. The molecule has 31 heavy (non-hydrogen) atoms. The summed E-state index contributed by atoms with van der Waals surface area (Å²) >= 11 is 1.49. The number of hydrogen-bond donors (Lipinski definition) is 5. The minimum Gasteiger partial charge on any atom is -0.480 e. The van der Waals surface area contributed by atoms with Crippen LogP contribution in [-0.4, -0.2) is 72.0 Å². The Hall–Kier alpha value is -2.59. The largest absolute Gasteiger partial charge is 0.480 e. The number of amides is 3. The number of thioether (sulfide) groups is 1. The Labute approximate surface area is 186 Å². The molecule has 1 saturated heterocycles. The molecule has 1 aromatic rings. The first-order valence-corrected chi connectivity index (χ1v) is 11.7. The second-order valence-electron chi connectivity index (χ2n) is 7.36. The van der Waals surface area contributed by atoms with Gasteiger partial charge in [-0.05, 0) is 43.4 Å². The minimum absolute atomic E-state index is 0.200. The molecular formula is C21H30N4O5S. The number of carbonyl (C=O) groups excluding carboxylic acids is 3. The Balaban J connectivity index is 1.99. The van der Waals surface area contributed by atoms with Crippen molar-refractivity contribution in [3.8, 4) is 0 Å². The molecule has 1 aromatic carbocycles. The molecule has 0 unspecified atom stereocenters. The SMILES string of the molecule is CSCC[C@H](NC(=O)[C@H](Cc1ccccc1)NC(=O)CNC(=O)[C@@H]1CCCN1)C(=O)O. The number of nitrogens with one attached hydrogen (secondary N) is 4. The van der Waals surface area contributed by atoms with Crippen molar-refractivity contribution in [1.82, 2.24) is 21.3 Å². The maximum absolute atomic E-state index is 12.8. The average molecular weight is 451 g/mol. The molecular weight excluding hydrogens is 420 g/mol. The van der Waals surface area contributed by atoms with Crippen molar-refractivity contribution in [2.45, 2.75) is 43.8 Å². The van der Waals surface area contributed by atoms with E-state index in [0.29, 0.717) is 5.75 Å². The van der Waals surface area contributed by atoms with E-state index >= 15 is 0 Å². The standard InChI is InChI=1S/C21H30N4O5S/c1-31-11-9-16(21(29)30)25-20(28)17(12-14-6-3-2-4-7-14)24-18(26)13-23-19(27)15-8-5-10-22-15/h2-4,6-7,15-17,22H,5,8-13H2,1H3,(H,23,27)(H,24,26)(H,25,28)(H,29,30)/t15-,16-,17-/m0/s1. The lowest BCUT2D eigenvalue weighted by Crippen LogP contribution is -2.54. The van der Waals surface area contributed by atoms with Gasteiger partial charge in [-0.3, -0.25) is 14.4 Å². The van der Waals surface area contributed by atoms with Gasteiger partial charge in [0.2, 0.25) is 17.7 Å². The zero-order valence-corrected chi connectivity index (χ0v) is 18.4. The van der Waals surface area contributed by atoms with Crippen LogP contribution < -0.4 is 21.3 Å². The van der Waals surface area contributed by atoms with Gasteiger partial charge < -0.3 is 26.4 Å². The zero-order valence-electron chi connectivity index (χ0n) is 17.6. The van der Waals surface area contributed by atoms with E-state index < -0.39 is 29.9 Å². The van der Waals surface area contributed by atoms with Crippen molar-refractivity contribution in [2.24, 2.45) is 0 Å². The van der Waals surface area contributed by atoms with Gasteiger partial charge in [-0.15, -0.1) is 0 Å². The summed E-state index contributed by atoms with van der Waals surface area (Å²) < 4.78 is 0. The Morgan fingerprint density at radius 2 is 1.90 bits per heavy atom. The van der Waals surface area contributed by atoms with Gasteiger partial charge in [-0.1, -0.05) is 30.3 Å². The van der Waals surface area contributed by atoms with Crippen LogP contribution in [0.2, 0.25) is 0 Å². The van der Waals surface area contributed by atoms with Crippen LogP contribution in [0.1, 0.15) is 24.8 Å². The first kappa shape index (κ1) is 24.7. The molecule has 0 aliphatic carbocycles. The molecule has 1 aliphatic rings. The monoisotopic (exact) mass is 450 g/mol. The molecule has 1 heterocycles. The molecule has 5 N–H and O–H groups in total. The van der Waals surface area contributed by atoms with E-state index in [9.17, 15) is 24.3 Å². The van der Waals surface area contributed by atoms with Crippen LogP contribution in [0.3, 0.4) is 0 Å². The van der Waals surface area contributed by atoms with Crippen LogP contribution in [0.5, 0.6) is 0 Å². The molecule has 2 rings (SSSR count). The van der Waals surface area contributed by atoms with Crippen molar-refractivity contribution >= 4 is 35.5 Å². The molecule has 0 radical (unpaired) electrons. The number of aliphatic carboxylic acids is 1. The summed E-state index contributed by atoms with van der Waals surface area (Å²) in [7, 11) is 0. The van der Waals surface area contributed by atoms with Gasteiger partial charge in [-0.25, -0.2) is 4.79 Å². The molecule has 0 spiro atoms. The van der Waals surface area contributed by atoms with E-state index in [0.717, 1.165) is 24.9 Å². The van der Waals surface area contributed by atoms with Crippen LogP contribution in [0.15, 0.2) is 30.3 Å². The number of rotatable bonds is 12. The Kier molecular flexibility index (Phi) is 10.3. The third kappa shape index (κ3) is 8.58. The van der Waals surface area contributed by atoms with Crippen LogP contribution >= 0.6 is 11.8 Å². The minimum atomic E-state index is -1.12. The molecule has 170 valence electrons. The van der Waals surface area contributed by atoms with E-state index in [1.165, 1.54) is 11.8 Å². The molecule has 0 saturated carbocycles. The van der Waals surface area contributed by atoms with Gasteiger partial charge in [-0.2, -0.15) is 11.8 Å². The summed E-state index contributed by atoms with van der Waals surface area (Å²) in [6.45, 7) is 0.509. The van der Waals surface area contributed by atoms with E-state index in [4.69, 9.17) is 0 Å². The van der Waals surface area contributed by atoms with Crippen molar-refractivity contribution < 1.29 is 24.3 Å². The molecule has 10 heteroatoms. The van der Waals surface area contributed by atoms with Gasteiger partial charge in [0, 0.05) is 6.42 Å². The van der Waals surface area contributed by atoms with E-state index in [-0.39, 0.29) is 31.3 Å². The molecule has 9 nitrogen and oxygen atoms in total. The van der Waals surface area contributed by atoms with Crippen molar-refractivity contribution in [3.63, 3.8) is 0 Å². The van der Waals surface area contributed by atoms with Gasteiger partial charge >= 0.3 is 5.97 Å². The highest BCUT2D eigenvalue weighted by Crippen LogP contribution is 2.07. The molecule has 0 aromatic heterocycles. The predicted octanol–water partition coefficient (Wildman–Crippen LogP) is -0.0954. The number of carbonyl (C=O) groups is 4. The lowest BCUT2D eigenvalue weighted by Gasteiger charge is -2.22. The van der Waals surface area contributed by atoms with Gasteiger partial charge in [0.15, 0.2) is 0 Å². The normalized spacial score (nSPS) is 17.4. The third-order valence-electron chi connectivity index (χ3n) is 4.96. The third-order valence-corrected chi connectivity index (χ3v) is 5.60. The molecule has 1 fully saturated rings. The number of benzene rings is 1. The fourth-order valence-corrected chi connectivity index (χ4v) is 3.74. The van der Waals surface area contributed by atoms with Crippen LogP contribution in [0.4, 0.5) is 0 Å². The highest BCUT2D eigenvalue weighted by atomic mass is 32.2.